The minimum absolute atomic E-state index is 0.0665. The molecule has 2 N–H and O–H groups in total. The third kappa shape index (κ3) is 2.43. The van der Waals surface area contributed by atoms with Gasteiger partial charge in [-0.25, -0.2) is 0 Å². The number of aromatic hydroxyl groups is 1. The first-order valence-corrected chi connectivity index (χ1v) is 7.53. The normalized spacial score (nSPS) is 29.8. The average molecular weight is 277 g/mol. The summed E-state index contributed by atoms with van der Waals surface area (Å²) in [6, 6.07) is 6.13. The Morgan fingerprint density at radius 3 is 2.95 bits per heavy atom. The van der Waals surface area contributed by atoms with Crippen LogP contribution in [0.5, 0.6) is 5.75 Å². The molecule has 0 radical (unpaired) electrons. The highest BCUT2D eigenvalue weighted by Crippen LogP contribution is 2.34. The molecule has 3 rings (SSSR count). The summed E-state index contributed by atoms with van der Waals surface area (Å²) in [4.78, 5) is 2.45. The van der Waals surface area contributed by atoms with E-state index < -0.39 is 0 Å². The number of hydrogen-bond acceptors (Lipinski definition) is 4. The van der Waals surface area contributed by atoms with Gasteiger partial charge in [-0.3, -0.25) is 4.90 Å². The molecule has 1 aliphatic heterocycles. The lowest BCUT2D eigenvalue weighted by Gasteiger charge is -2.47. The van der Waals surface area contributed by atoms with E-state index in [0.717, 1.165) is 37.9 Å². The van der Waals surface area contributed by atoms with Crippen molar-refractivity contribution in [1.82, 2.24) is 4.90 Å². The van der Waals surface area contributed by atoms with Gasteiger partial charge in [-0.05, 0) is 36.6 Å². The second-order valence-electron chi connectivity index (χ2n) is 5.86. The maximum Gasteiger partial charge on any atom is 0.119 e. The first kappa shape index (κ1) is 13.9. The first-order valence-electron chi connectivity index (χ1n) is 7.53. The van der Waals surface area contributed by atoms with Gasteiger partial charge in [-0.2, -0.15) is 0 Å². The number of ether oxygens (including phenoxy) is 1. The van der Waals surface area contributed by atoms with Gasteiger partial charge in [0.05, 0.1) is 18.8 Å². The summed E-state index contributed by atoms with van der Waals surface area (Å²) in [5, 5.41) is 19.4. The van der Waals surface area contributed by atoms with Crippen molar-refractivity contribution in [2.75, 3.05) is 19.7 Å². The molecule has 0 saturated carbocycles. The minimum Gasteiger partial charge on any atom is -0.508 e. The van der Waals surface area contributed by atoms with Crippen molar-refractivity contribution in [3.8, 4) is 5.75 Å². The molecule has 1 aromatic carbocycles. The third-order valence-corrected chi connectivity index (χ3v) is 4.50. The molecule has 0 amide bonds. The second kappa shape index (κ2) is 5.72. The molecule has 0 unspecified atom stereocenters. The van der Waals surface area contributed by atoms with Crippen molar-refractivity contribution in [1.29, 1.82) is 0 Å². The zero-order valence-electron chi connectivity index (χ0n) is 12.0. The molecule has 1 saturated heterocycles. The molecule has 1 heterocycles. The van der Waals surface area contributed by atoms with Crippen LogP contribution in [0.25, 0.3) is 0 Å². The van der Waals surface area contributed by atoms with Gasteiger partial charge in [0.25, 0.3) is 0 Å². The Kier molecular flexibility index (Phi) is 3.96. The van der Waals surface area contributed by atoms with E-state index in [-0.39, 0.29) is 18.8 Å². The molecule has 2 aliphatic rings. The molecule has 20 heavy (non-hydrogen) atoms. The molecule has 4 nitrogen and oxygen atoms in total. The molecular formula is C16H23NO3. The average Bonchev–Trinajstić information content (AvgIpc) is 2.46. The minimum atomic E-state index is -0.102. The maximum absolute atomic E-state index is 10.0. The molecule has 4 heteroatoms. The van der Waals surface area contributed by atoms with E-state index in [1.807, 2.05) is 6.07 Å². The van der Waals surface area contributed by atoms with Gasteiger partial charge in [-0.1, -0.05) is 19.1 Å². The SMILES string of the molecule is CCCN1C[C@@H](CO)O[C@H]2Cc3c(O)cccc3C[C@@H]21. The Hall–Kier alpha value is -1.10. The Bertz CT molecular complexity index is 477. The van der Waals surface area contributed by atoms with Gasteiger partial charge in [0.1, 0.15) is 5.75 Å². The molecule has 3 atom stereocenters. The predicted octanol–water partition coefficient (Wildman–Crippen LogP) is 1.33. The second-order valence-corrected chi connectivity index (χ2v) is 5.86. The highest BCUT2D eigenvalue weighted by atomic mass is 16.5. The van der Waals surface area contributed by atoms with Crippen LogP contribution in [0.2, 0.25) is 0 Å². The fraction of sp³-hybridized carbons (Fsp3) is 0.625. The fourth-order valence-corrected chi connectivity index (χ4v) is 3.58. The van der Waals surface area contributed by atoms with Crippen LogP contribution in [0.4, 0.5) is 0 Å². The van der Waals surface area contributed by atoms with Gasteiger partial charge in [0.2, 0.25) is 0 Å². The number of phenols is 1. The highest BCUT2D eigenvalue weighted by molar-refractivity contribution is 5.42. The van der Waals surface area contributed by atoms with Gasteiger partial charge < -0.3 is 14.9 Å². The summed E-state index contributed by atoms with van der Waals surface area (Å²) in [6.07, 6.45) is 2.74. The van der Waals surface area contributed by atoms with Crippen LogP contribution >= 0.6 is 0 Å². The van der Waals surface area contributed by atoms with Crippen LogP contribution in [-0.4, -0.2) is 53.1 Å². The van der Waals surface area contributed by atoms with E-state index in [9.17, 15) is 10.2 Å². The van der Waals surface area contributed by atoms with Gasteiger partial charge in [0.15, 0.2) is 0 Å². The van der Waals surface area contributed by atoms with Crippen LogP contribution in [0.3, 0.4) is 0 Å². The summed E-state index contributed by atoms with van der Waals surface area (Å²) >= 11 is 0. The third-order valence-electron chi connectivity index (χ3n) is 4.50. The van der Waals surface area contributed by atoms with E-state index in [2.05, 4.69) is 17.9 Å². The summed E-state index contributed by atoms with van der Waals surface area (Å²) in [7, 11) is 0. The number of fused-ring (bicyclic) bond motifs is 2. The lowest BCUT2D eigenvalue weighted by atomic mass is 9.83. The van der Waals surface area contributed by atoms with Crippen LogP contribution in [0, 0.1) is 0 Å². The van der Waals surface area contributed by atoms with Gasteiger partial charge in [-0.15, -0.1) is 0 Å². The van der Waals surface area contributed by atoms with Gasteiger partial charge in [0, 0.05) is 19.0 Å². The van der Waals surface area contributed by atoms with Crippen molar-refractivity contribution >= 4 is 0 Å². The number of morpholine rings is 1. The monoisotopic (exact) mass is 277 g/mol. The highest BCUT2D eigenvalue weighted by Gasteiger charge is 2.40. The Labute approximate surface area is 120 Å². The molecule has 0 aromatic heterocycles. The quantitative estimate of drug-likeness (QED) is 0.875. The Morgan fingerprint density at radius 2 is 2.20 bits per heavy atom. The summed E-state index contributed by atoms with van der Waals surface area (Å²) in [5.74, 6) is 0.373. The molecule has 110 valence electrons. The Balaban J connectivity index is 1.88. The van der Waals surface area contributed by atoms with Crippen LogP contribution in [0.15, 0.2) is 18.2 Å². The van der Waals surface area contributed by atoms with Crippen molar-refractivity contribution in [2.45, 2.75) is 44.4 Å². The van der Waals surface area contributed by atoms with Crippen molar-refractivity contribution < 1.29 is 14.9 Å². The van der Waals surface area contributed by atoms with Gasteiger partial charge >= 0.3 is 0 Å². The van der Waals surface area contributed by atoms with Crippen molar-refractivity contribution in [2.24, 2.45) is 0 Å². The summed E-state index contributed by atoms with van der Waals surface area (Å²) in [5.41, 5.74) is 2.25. The van der Waals surface area contributed by atoms with E-state index in [4.69, 9.17) is 4.74 Å². The molecule has 1 aromatic rings. The number of benzene rings is 1. The van der Waals surface area contributed by atoms with E-state index in [1.54, 1.807) is 6.07 Å². The summed E-state index contributed by atoms with van der Waals surface area (Å²) < 4.78 is 6.03. The molecular weight excluding hydrogens is 254 g/mol. The molecule has 1 fully saturated rings. The van der Waals surface area contributed by atoms with E-state index in [0.29, 0.717) is 11.8 Å². The zero-order valence-corrected chi connectivity index (χ0v) is 12.0. The van der Waals surface area contributed by atoms with Crippen LogP contribution < -0.4 is 0 Å². The van der Waals surface area contributed by atoms with E-state index in [1.165, 1.54) is 5.56 Å². The number of hydrogen-bond donors (Lipinski definition) is 2. The first-order chi connectivity index (χ1) is 9.72. The topological polar surface area (TPSA) is 52.9 Å². The number of nitrogens with zero attached hydrogens (tertiary/aromatic N) is 1. The molecule has 0 spiro atoms. The molecule has 0 bridgehead atoms. The zero-order chi connectivity index (χ0) is 14.1. The number of phenolic OH excluding ortho intramolecular Hbond substituents is 1. The van der Waals surface area contributed by atoms with Crippen LogP contribution in [-0.2, 0) is 17.6 Å². The standard InChI is InChI=1S/C16H23NO3/c1-2-6-17-9-12(10-18)20-16-8-13-11(7-14(16)17)4-3-5-15(13)19/h3-5,12,14,16,18-19H,2,6-10H2,1H3/t12-,14-,16-/m0/s1. The summed E-state index contributed by atoms with van der Waals surface area (Å²) in [6.45, 7) is 4.09. The van der Waals surface area contributed by atoms with Crippen LogP contribution in [0.1, 0.15) is 24.5 Å². The lowest BCUT2D eigenvalue weighted by Crippen LogP contribution is -2.58. The maximum atomic E-state index is 10.0. The number of aliphatic hydroxyl groups is 1. The fourth-order valence-electron chi connectivity index (χ4n) is 3.58. The number of rotatable bonds is 3. The Morgan fingerprint density at radius 1 is 1.35 bits per heavy atom. The predicted molar refractivity (Wildman–Crippen MR) is 76.9 cm³/mol. The van der Waals surface area contributed by atoms with Crippen molar-refractivity contribution in [3.63, 3.8) is 0 Å². The van der Waals surface area contributed by atoms with E-state index >= 15 is 0 Å². The molecule has 1 aliphatic carbocycles. The van der Waals surface area contributed by atoms with Crippen molar-refractivity contribution in [3.05, 3.63) is 29.3 Å². The lowest BCUT2D eigenvalue weighted by molar-refractivity contribution is -0.135. The largest absolute Gasteiger partial charge is 0.508 e. The smallest absolute Gasteiger partial charge is 0.119 e. The number of aliphatic hydroxyl groups excluding tert-OH is 1.